The Morgan fingerprint density at radius 2 is 2.11 bits per heavy atom. The molecule has 3 nitrogen and oxygen atoms in total. The van der Waals surface area contributed by atoms with Crippen molar-refractivity contribution in [2.75, 3.05) is 0 Å². The molecule has 0 aliphatic carbocycles. The maximum atomic E-state index is 10.9. The number of aliphatic carboxylic acids is 1. The van der Waals surface area contributed by atoms with E-state index in [4.69, 9.17) is 9.52 Å². The molecule has 0 amide bonds. The summed E-state index contributed by atoms with van der Waals surface area (Å²) in [4.78, 5) is 10.9. The van der Waals surface area contributed by atoms with Crippen LogP contribution >= 0.6 is 0 Å². The monoisotopic (exact) mass is 258 g/mol. The molecule has 1 aromatic carbocycles. The summed E-state index contributed by atoms with van der Waals surface area (Å²) in [6, 6.07) is 7.76. The molecule has 1 aromatic heterocycles. The predicted molar refractivity (Wildman–Crippen MR) is 76.1 cm³/mol. The number of hydrogen-bond acceptors (Lipinski definition) is 2. The third kappa shape index (κ3) is 2.87. The van der Waals surface area contributed by atoms with Crippen molar-refractivity contribution in [1.29, 1.82) is 0 Å². The lowest BCUT2D eigenvalue weighted by atomic mass is 10.0. The number of benzene rings is 1. The van der Waals surface area contributed by atoms with Gasteiger partial charge in [0, 0.05) is 23.4 Å². The van der Waals surface area contributed by atoms with Crippen LogP contribution in [0.4, 0.5) is 0 Å². The molecule has 0 saturated carbocycles. The van der Waals surface area contributed by atoms with Crippen molar-refractivity contribution < 1.29 is 14.3 Å². The first-order valence-corrected chi connectivity index (χ1v) is 6.55. The maximum absolute atomic E-state index is 10.9. The van der Waals surface area contributed by atoms with Crippen LogP contribution in [0.3, 0.4) is 0 Å². The van der Waals surface area contributed by atoms with Gasteiger partial charge in [0.25, 0.3) is 0 Å². The molecule has 0 bridgehead atoms. The summed E-state index contributed by atoms with van der Waals surface area (Å²) in [6.07, 6.45) is 4.20. The second kappa shape index (κ2) is 5.74. The van der Waals surface area contributed by atoms with E-state index in [0.717, 1.165) is 47.1 Å². The number of carboxylic acids is 1. The van der Waals surface area contributed by atoms with Gasteiger partial charge in [0.2, 0.25) is 0 Å². The van der Waals surface area contributed by atoms with E-state index in [0.29, 0.717) is 0 Å². The number of carbonyl (C=O) groups is 1. The molecule has 0 aliphatic heterocycles. The quantitative estimate of drug-likeness (QED) is 0.815. The van der Waals surface area contributed by atoms with Crippen LogP contribution in [0.2, 0.25) is 0 Å². The van der Waals surface area contributed by atoms with Gasteiger partial charge in [-0.1, -0.05) is 31.5 Å². The van der Waals surface area contributed by atoms with Crippen LogP contribution in [-0.4, -0.2) is 11.1 Å². The van der Waals surface area contributed by atoms with Crippen LogP contribution in [-0.2, 0) is 11.2 Å². The van der Waals surface area contributed by atoms with Crippen LogP contribution in [0, 0.1) is 0 Å². The molecule has 0 saturated heterocycles. The smallest absolute Gasteiger partial charge is 0.328 e. The lowest BCUT2D eigenvalue weighted by Crippen LogP contribution is -1.93. The van der Waals surface area contributed by atoms with Crippen molar-refractivity contribution in [3.05, 3.63) is 41.7 Å². The Balaban J connectivity index is 2.57. The van der Waals surface area contributed by atoms with Crippen molar-refractivity contribution in [2.24, 2.45) is 0 Å². The van der Waals surface area contributed by atoms with Crippen molar-refractivity contribution in [1.82, 2.24) is 0 Å². The van der Waals surface area contributed by atoms with Gasteiger partial charge >= 0.3 is 5.97 Å². The van der Waals surface area contributed by atoms with Crippen LogP contribution < -0.4 is 0 Å². The number of aryl methyl sites for hydroxylation is 1. The van der Waals surface area contributed by atoms with Crippen LogP contribution in [0.25, 0.3) is 16.5 Å². The molecular formula is C16H18O3. The Morgan fingerprint density at radius 1 is 1.37 bits per heavy atom. The highest BCUT2D eigenvalue weighted by Crippen LogP contribution is 2.32. The minimum Gasteiger partial charge on any atom is -0.478 e. The van der Waals surface area contributed by atoms with Crippen LogP contribution in [0.1, 0.15) is 38.0 Å². The molecule has 2 rings (SSSR count). The summed E-state index contributed by atoms with van der Waals surface area (Å²) in [5, 5.41) is 9.90. The van der Waals surface area contributed by atoms with Gasteiger partial charge < -0.3 is 9.52 Å². The average molecular weight is 258 g/mol. The second-order valence-electron chi connectivity index (χ2n) is 4.67. The molecule has 0 spiro atoms. The van der Waals surface area contributed by atoms with Gasteiger partial charge in [-0.3, -0.25) is 0 Å². The topological polar surface area (TPSA) is 50.4 Å². The second-order valence-corrected chi connectivity index (χ2v) is 4.67. The number of carboxylic acid groups (broad SMARTS) is 1. The van der Waals surface area contributed by atoms with E-state index < -0.39 is 5.97 Å². The number of furan rings is 1. The van der Waals surface area contributed by atoms with Crippen LogP contribution in [0.15, 0.2) is 34.8 Å². The molecule has 100 valence electrons. The zero-order chi connectivity index (χ0) is 13.8. The van der Waals surface area contributed by atoms with E-state index in [9.17, 15) is 4.79 Å². The van der Waals surface area contributed by atoms with Crippen LogP contribution in [0.5, 0.6) is 0 Å². The highest BCUT2D eigenvalue weighted by atomic mass is 16.4. The fourth-order valence-corrected chi connectivity index (χ4v) is 2.30. The van der Waals surface area contributed by atoms with Crippen molar-refractivity contribution in [3.63, 3.8) is 0 Å². The van der Waals surface area contributed by atoms with Crippen molar-refractivity contribution in [3.8, 4) is 0 Å². The summed E-state index contributed by atoms with van der Waals surface area (Å²) in [5.41, 5.74) is 2.50. The summed E-state index contributed by atoms with van der Waals surface area (Å²) >= 11 is 0. The largest absolute Gasteiger partial charge is 0.478 e. The number of unbranched alkanes of at least 4 members (excludes halogenated alkanes) is 1. The normalized spacial score (nSPS) is 12.0. The first-order chi connectivity index (χ1) is 9.13. The average Bonchev–Trinajstić information content (AvgIpc) is 2.73. The van der Waals surface area contributed by atoms with Crippen molar-refractivity contribution >= 4 is 22.5 Å². The molecule has 0 aliphatic rings. The highest BCUT2D eigenvalue weighted by molar-refractivity contribution is 5.97. The van der Waals surface area contributed by atoms with Gasteiger partial charge in [0.1, 0.15) is 11.3 Å². The molecule has 2 aromatic rings. The fraction of sp³-hybridized carbons (Fsp3) is 0.312. The number of allylic oxidation sites excluding steroid dienone is 1. The third-order valence-corrected chi connectivity index (χ3v) is 3.16. The number of hydrogen-bond donors (Lipinski definition) is 1. The number of fused-ring (bicyclic) bond motifs is 1. The van der Waals surface area contributed by atoms with Gasteiger partial charge in [0.05, 0.1) is 0 Å². The van der Waals surface area contributed by atoms with E-state index in [-0.39, 0.29) is 0 Å². The standard InChI is InChI=1S/C16H18O3/c1-3-4-8-14-16(11(2)10-15(17)18)12-7-5-6-9-13(12)19-14/h5-7,9-10H,3-4,8H2,1-2H3,(H,17,18). The summed E-state index contributed by atoms with van der Waals surface area (Å²) in [6.45, 7) is 3.95. The first-order valence-electron chi connectivity index (χ1n) is 6.55. The van der Waals surface area contributed by atoms with E-state index in [1.807, 2.05) is 31.2 Å². The Morgan fingerprint density at radius 3 is 2.79 bits per heavy atom. The van der Waals surface area contributed by atoms with Crippen molar-refractivity contribution in [2.45, 2.75) is 33.1 Å². The SMILES string of the molecule is CCCCc1oc2ccccc2c1C(C)=CC(=O)O. The molecule has 1 N–H and O–H groups in total. The highest BCUT2D eigenvalue weighted by Gasteiger charge is 2.15. The minimum absolute atomic E-state index is 0.739. The summed E-state index contributed by atoms with van der Waals surface area (Å²) in [5.74, 6) is -0.0396. The minimum atomic E-state index is -0.927. The third-order valence-electron chi connectivity index (χ3n) is 3.16. The van der Waals surface area contributed by atoms with E-state index in [1.165, 1.54) is 6.08 Å². The van der Waals surface area contributed by atoms with Gasteiger partial charge in [-0.25, -0.2) is 4.79 Å². The van der Waals surface area contributed by atoms with Gasteiger partial charge in [-0.15, -0.1) is 0 Å². The lowest BCUT2D eigenvalue weighted by molar-refractivity contribution is -0.131. The van der Waals surface area contributed by atoms with Gasteiger partial charge in [-0.2, -0.15) is 0 Å². The first kappa shape index (κ1) is 13.4. The molecule has 0 radical (unpaired) electrons. The fourth-order valence-electron chi connectivity index (χ4n) is 2.30. The maximum Gasteiger partial charge on any atom is 0.328 e. The Kier molecular flexibility index (Phi) is 4.05. The zero-order valence-corrected chi connectivity index (χ0v) is 11.3. The molecule has 0 fully saturated rings. The van der Waals surface area contributed by atoms with Gasteiger partial charge in [0.15, 0.2) is 0 Å². The Bertz CT molecular complexity index is 620. The Labute approximate surface area is 112 Å². The molecule has 3 heteroatoms. The molecule has 1 heterocycles. The van der Waals surface area contributed by atoms with E-state index >= 15 is 0 Å². The summed E-state index contributed by atoms with van der Waals surface area (Å²) < 4.78 is 5.87. The number of para-hydroxylation sites is 1. The Hall–Kier alpha value is -2.03. The molecule has 19 heavy (non-hydrogen) atoms. The summed E-state index contributed by atoms with van der Waals surface area (Å²) in [7, 11) is 0. The number of rotatable bonds is 5. The predicted octanol–water partition coefficient (Wildman–Crippen LogP) is 4.26. The molecule has 0 unspecified atom stereocenters. The van der Waals surface area contributed by atoms with Gasteiger partial charge in [-0.05, 0) is 25.0 Å². The molecule has 0 atom stereocenters. The van der Waals surface area contributed by atoms with E-state index in [2.05, 4.69) is 6.92 Å². The van der Waals surface area contributed by atoms with E-state index in [1.54, 1.807) is 0 Å². The lowest BCUT2D eigenvalue weighted by Gasteiger charge is -2.02. The molecular weight excluding hydrogens is 240 g/mol. The zero-order valence-electron chi connectivity index (χ0n) is 11.3.